The van der Waals surface area contributed by atoms with Crippen LogP contribution in [0.5, 0.6) is 0 Å². The van der Waals surface area contributed by atoms with Gasteiger partial charge in [0.15, 0.2) is 12.3 Å². The van der Waals surface area contributed by atoms with Gasteiger partial charge in [-0.05, 0) is 30.7 Å². The van der Waals surface area contributed by atoms with E-state index in [1.807, 2.05) is 0 Å². The van der Waals surface area contributed by atoms with Crippen molar-refractivity contribution in [3.63, 3.8) is 0 Å². The van der Waals surface area contributed by atoms with E-state index in [-0.39, 0.29) is 18.7 Å². The van der Waals surface area contributed by atoms with Crippen LogP contribution in [0.25, 0.3) is 0 Å². The Morgan fingerprint density at radius 2 is 1.14 bits per heavy atom. The third-order valence-electron chi connectivity index (χ3n) is 11.3. The molecule has 20 heteroatoms. The Bertz CT molecular complexity index is 1620. The summed E-state index contributed by atoms with van der Waals surface area (Å²) in [4.78, 5) is 61.7. The first-order chi connectivity index (χ1) is 30.9. The number of esters is 2. The maximum atomic E-state index is 12.8. The molecule has 0 aromatic carbocycles. The fourth-order valence-corrected chi connectivity index (χ4v) is 9.62. The minimum Gasteiger partial charge on any atom is -0.462 e. The van der Waals surface area contributed by atoms with Gasteiger partial charge < -0.3 is 39.9 Å². The first kappa shape index (κ1) is 58.9. The fraction of sp³-hybridized carbons (Fsp3) is 0.867. The molecule has 0 radical (unpaired) electrons. The van der Waals surface area contributed by atoms with Crippen LogP contribution in [0.1, 0.15) is 194 Å². The zero-order chi connectivity index (χ0) is 48.1. The molecular weight excluding hydrogens is 884 g/mol. The Balaban J connectivity index is 1.81. The molecule has 2 heterocycles. The number of hydrogen-bond donors (Lipinski definition) is 5. The first-order valence-corrected chi connectivity index (χ1v) is 27.3. The molecule has 1 saturated heterocycles. The smallest absolute Gasteiger partial charge is 0.462 e. The number of phosphoric acid groups is 2. The number of rotatable bonds is 39. The molecule has 0 aliphatic carbocycles. The highest BCUT2D eigenvalue weighted by atomic mass is 31.3. The van der Waals surface area contributed by atoms with Gasteiger partial charge in [0.1, 0.15) is 30.7 Å². The Kier molecular flexibility index (Phi) is 30.2. The van der Waals surface area contributed by atoms with Crippen molar-refractivity contribution in [3.05, 3.63) is 22.7 Å². The molecule has 7 atom stereocenters. The van der Waals surface area contributed by atoms with E-state index in [1.165, 1.54) is 95.7 Å². The van der Waals surface area contributed by atoms with E-state index in [0.29, 0.717) is 12.8 Å². The van der Waals surface area contributed by atoms with Gasteiger partial charge in [-0.3, -0.25) is 23.2 Å². The van der Waals surface area contributed by atoms with Crippen LogP contribution in [0, 0.1) is 11.8 Å². The number of nitrogens with zero attached hydrogens (tertiary/aromatic N) is 2. The number of unbranched alkanes of at least 4 members (excludes halogenated alkanes) is 19. The molecule has 1 aliphatic rings. The number of aliphatic hydroxyl groups is 2. The number of phosphoric ester groups is 2. The number of carbonyl (C=O) groups is 2. The third kappa shape index (κ3) is 28.0. The monoisotopic (exact) mass is 968 g/mol. The lowest BCUT2D eigenvalue weighted by Gasteiger charge is -2.21. The number of ether oxygens (including phenoxy) is 3. The zero-order valence-electron chi connectivity index (χ0n) is 39.6. The van der Waals surface area contributed by atoms with Gasteiger partial charge >= 0.3 is 33.3 Å². The Labute approximate surface area is 387 Å². The average molecular weight is 968 g/mol. The fourth-order valence-electron chi connectivity index (χ4n) is 7.51. The van der Waals surface area contributed by atoms with Crippen LogP contribution in [-0.4, -0.2) is 85.7 Å². The van der Waals surface area contributed by atoms with E-state index in [0.717, 1.165) is 67.8 Å². The lowest BCUT2D eigenvalue weighted by molar-refractivity contribution is -0.161. The maximum absolute atomic E-state index is 12.8. The van der Waals surface area contributed by atoms with Gasteiger partial charge in [0.05, 0.1) is 13.2 Å². The first-order valence-electron chi connectivity index (χ1n) is 24.3. The number of anilines is 1. The maximum Gasteiger partial charge on any atom is 0.481 e. The molecule has 0 saturated carbocycles. The molecule has 0 spiro atoms. The largest absolute Gasteiger partial charge is 0.481 e. The Morgan fingerprint density at radius 3 is 1.62 bits per heavy atom. The zero-order valence-corrected chi connectivity index (χ0v) is 41.4. The van der Waals surface area contributed by atoms with Crippen LogP contribution in [0.4, 0.5) is 5.82 Å². The second-order valence-electron chi connectivity index (χ2n) is 18.3. The molecule has 18 nitrogen and oxygen atoms in total. The lowest BCUT2D eigenvalue weighted by Crippen LogP contribution is -2.36. The molecule has 6 N–H and O–H groups in total. The number of nitrogen functional groups attached to an aromatic ring is 1. The molecule has 1 fully saturated rings. The molecule has 65 heavy (non-hydrogen) atoms. The van der Waals surface area contributed by atoms with Crippen molar-refractivity contribution in [2.24, 2.45) is 11.8 Å². The summed E-state index contributed by atoms with van der Waals surface area (Å²) in [7, 11) is -10.8. The normalized spacial score (nSPS) is 19.9. The third-order valence-corrected chi connectivity index (χ3v) is 13.9. The average Bonchev–Trinajstić information content (AvgIpc) is 3.51. The van der Waals surface area contributed by atoms with Crippen molar-refractivity contribution in [3.8, 4) is 0 Å². The predicted octanol–water partition coefficient (Wildman–Crippen LogP) is 9.21. The standard InChI is InChI=1S/C45H83N3O15P2/c1-35(2)26-22-18-14-10-8-6-5-7-9-11-17-21-25-29-41(50)61-37(32-58-40(49)28-24-20-16-13-12-15-19-23-27-36(3)4)33-59-64(54,55)63-65(56,57)60-34-38-42(51)43(52)44(62-38)48-31-30-39(46)47-45(48)53/h30-31,35-38,42-44,51-52H,5-29,32-34H2,1-4H3,(H,54,55)(H,56,57)(H2,46,47,53)/t37-,38-,42+,43?,44-/m1/s1. The van der Waals surface area contributed by atoms with Gasteiger partial charge in [0, 0.05) is 19.0 Å². The van der Waals surface area contributed by atoms with Crippen LogP contribution in [0.15, 0.2) is 17.1 Å². The number of nitrogens with two attached hydrogens (primary N) is 1. The van der Waals surface area contributed by atoms with Gasteiger partial charge in [-0.15, -0.1) is 0 Å². The van der Waals surface area contributed by atoms with E-state index in [1.54, 1.807) is 0 Å². The van der Waals surface area contributed by atoms with Crippen LogP contribution in [0.2, 0.25) is 0 Å². The van der Waals surface area contributed by atoms with E-state index in [4.69, 9.17) is 29.0 Å². The van der Waals surface area contributed by atoms with Crippen molar-refractivity contribution in [2.45, 2.75) is 219 Å². The molecule has 0 amide bonds. The summed E-state index contributed by atoms with van der Waals surface area (Å²) in [6.07, 6.45) is 19.3. The topological polar surface area (TPSA) is 265 Å². The van der Waals surface area contributed by atoms with E-state index in [2.05, 4.69) is 37.0 Å². The van der Waals surface area contributed by atoms with Gasteiger partial charge in [-0.2, -0.15) is 9.29 Å². The number of aromatic nitrogens is 2. The van der Waals surface area contributed by atoms with Crippen molar-refractivity contribution in [1.29, 1.82) is 0 Å². The minimum atomic E-state index is -5.41. The highest BCUT2D eigenvalue weighted by Gasteiger charge is 2.46. The van der Waals surface area contributed by atoms with Crippen molar-refractivity contribution < 1.29 is 66.3 Å². The quantitative estimate of drug-likeness (QED) is 0.0234. The van der Waals surface area contributed by atoms with E-state index >= 15 is 0 Å². The van der Waals surface area contributed by atoms with Crippen LogP contribution >= 0.6 is 15.6 Å². The van der Waals surface area contributed by atoms with Crippen LogP contribution in [0.3, 0.4) is 0 Å². The van der Waals surface area contributed by atoms with Gasteiger partial charge in [-0.25, -0.2) is 13.9 Å². The summed E-state index contributed by atoms with van der Waals surface area (Å²) in [5, 5.41) is 20.9. The van der Waals surface area contributed by atoms with E-state index in [9.17, 15) is 43.5 Å². The van der Waals surface area contributed by atoms with Gasteiger partial charge in [0.25, 0.3) is 0 Å². The van der Waals surface area contributed by atoms with E-state index < -0.39 is 83.7 Å². The van der Waals surface area contributed by atoms with Crippen molar-refractivity contribution >= 4 is 33.4 Å². The Morgan fingerprint density at radius 1 is 0.692 bits per heavy atom. The Hall–Kier alpha value is -2.24. The minimum absolute atomic E-state index is 0.0560. The molecule has 378 valence electrons. The predicted molar refractivity (Wildman–Crippen MR) is 247 cm³/mol. The van der Waals surface area contributed by atoms with Gasteiger partial charge in [0.2, 0.25) is 0 Å². The molecule has 3 unspecified atom stereocenters. The summed E-state index contributed by atoms with van der Waals surface area (Å²) in [6.45, 7) is 6.73. The molecule has 1 aromatic heterocycles. The number of aliphatic hydroxyl groups excluding tert-OH is 2. The van der Waals surface area contributed by atoms with Gasteiger partial charge in [-0.1, -0.05) is 163 Å². The van der Waals surface area contributed by atoms with Crippen molar-refractivity contribution in [1.82, 2.24) is 9.55 Å². The summed E-state index contributed by atoms with van der Waals surface area (Å²) < 4.78 is 56.7. The number of carbonyl (C=O) groups excluding carboxylic acids is 2. The molecular formula is C45H83N3O15P2. The second-order valence-corrected chi connectivity index (χ2v) is 21.3. The highest BCUT2D eigenvalue weighted by molar-refractivity contribution is 7.61. The molecule has 0 bridgehead atoms. The summed E-state index contributed by atoms with van der Waals surface area (Å²) in [5.41, 5.74) is 4.59. The lowest BCUT2D eigenvalue weighted by atomic mass is 10.0. The summed E-state index contributed by atoms with van der Waals surface area (Å²) >= 11 is 0. The summed E-state index contributed by atoms with van der Waals surface area (Å²) in [5.74, 6) is 0.223. The highest BCUT2D eigenvalue weighted by Crippen LogP contribution is 2.60. The van der Waals surface area contributed by atoms with Crippen LogP contribution in [-0.2, 0) is 46.3 Å². The number of hydrogen-bond acceptors (Lipinski definition) is 15. The summed E-state index contributed by atoms with van der Waals surface area (Å²) in [6, 6.07) is 1.25. The van der Waals surface area contributed by atoms with Crippen LogP contribution < -0.4 is 11.4 Å². The molecule has 1 aliphatic heterocycles. The molecule has 2 rings (SSSR count). The molecule has 1 aromatic rings. The SMILES string of the molecule is CC(C)CCCCCCCCCCCCCCCC(=O)O[C@H](COC(=O)CCCCCCCCCCC(C)C)COP(=O)(O)OP(=O)(O)OC[C@H]1O[C@@H](n2ccc(N)nc2=O)C(O)[C@H]1O. The second kappa shape index (κ2) is 33.3. The van der Waals surface area contributed by atoms with Crippen molar-refractivity contribution in [2.75, 3.05) is 25.6 Å².